The van der Waals surface area contributed by atoms with Crippen LogP contribution >= 0.6 is 0 Å². The lowest BCUT2D eigenvalue weighted by molar-refractivity contribution is 0.202. The highest BCUT2D eigenvalue weighted by molar-refractivity contribution is 4.77. The summed E-state index contributed by atoms with van der Waals surface area (Å²) in [5.74, 6) is 0. The van der Waals surface area contributed by atoms with Crippen molar-refractivity contribution in [3.8, 4) is 0 Å². The van der Waals surface area contributed by atoms with Crippen LogP contribution in [-0.4, -0.2) is 61.2 Å². The van der Waals surface area contributed by atoms with E-state index < -0.39 is 0 Å². The molecule has 0 aromatic rings. The van der Waals surface area contributed by atoms with E-state index in [0.717, 1.165) is 6.04 Å². The van der Waals surface area contributed by atoms with Crippen molar-refractivity contribution in [1.29, 1.82) is 0 Å². The highest BCUT2D eigenvalue weighted by Gasteiger charge is 2.17. The SMILES string of the molecule is CCC1CCN(CCCCN(C)C(C)C)CCC(C)N1. The van der Waals surface area contributed by atoms with Gasteiger partial charge in [0.2, 0.25) is 0 Å². The quantitative estimate of drug-likeness (QED) is 0.725. The molecule has 0 radical (unpaired) electrons. The van der Waals surface area contributed by atoms with Gasteiger partial charge in [-0.05, 0) is 86.1 Å². The van der Waals surface area contributed by atoms with Crippen LogP contribution in [0.1, 0.15) is 59.8 Å². The molecule has 120 valence electrons. The average molecular weight is 284 g/mol. The summed E-state index contributed by atoms with van der Waals surface area (Å²) >= 11 is 0. The van der Waals surface area contributed by atoms with E-state index in [1.54, 1.807) is 0 Å². The van der Waals surface area contributed by atoms with Crippen molar-refractivity contribution in [3.63, 3.8) is 0 Å². The molecule has 0 bridgehead atoms. The van der Waals surface area contributed by atoms with E-state index >= 15 is 0 Å². The van der Waals surface area contributed by atoms with Gasteiger partial charge >= 0.3 is 0 Å². The maximum atomic E-state index is 3.75. The average Bonchev–Trinajstić information content (AvgIpc) is 2.40. The van der Waals surface area contributed by atoms with Gasteiger partial charge in [0.05, 0.1) is 0 Å². The number of rotatable bonds is 7. The summed E-state index contributed by atoms with van der Waals surface area (Å²) in [4.78, 5) is 5.14. The monoisotopic (exact) mass is 283 g/mol. The Morgan fingerprint density at radius 3 is 2.55 bits per heavy atom. The second kappa shape index (κ2) is 9.75. The smallest absolute Gasteiger partial charge is 0.00790 e. The van der Waals surface area contributed by atoms with Gasteiger partial charge in [-0.2, -0.15) is 0 Å². The normalized spacial score (nSPS) is 25.9. The maximum absolute atomic E-state index is 3.75. The van der Waals surface area contributed by atoms with Gasteiger partial charge in [0.25, 0.3) is 0 Å². The molecule has 1 fully saturated rings. The maximum Gasteiger partial charge on any atom is 0.00790 e. The van der Waals surface area contributed by atoms with E-state index in [1.807, 2.05) is 0 Å². The highest BCUT2D eigenvalue weighted by Crippen LogP contribution is 2.10. The molecule has 3 nitrogen and oxygen atoms in total. The Hall–Kier alpha value is -0.120. The minimum Gasteiger partial charge on any atom is -0.311 e. The van der Waals surface area contributed by atoms with Gasteiger partial charge in [0.1, 0.15) is 0 Å². The molecule has 0 aliphatic carbocycles. The second-order valence-electron chi connectivity index (χ2n) is 6.87. The van der Waals surface area contributed by atoms with Crippen molar-refractivity contribution >= 4 is 0 Å². The van der Waals surface area contributed by atoms with E-state index in [4.69, 9.17) is 0 Å². The Labute approximate surface area is 127 Å². The zero-order valence-corrected chi connectivity index (χ0v) is 14.5. The third-order valence-electron chi connectivity index (χ3n) is 4.80. The fourth-order valence-corrected chi connectivity index (χ4v) is 2.90. The lowest BCUT2D eigenvalue weighted by Gasteiger charge is -2.32. The van der Waals surface area contributed by atoms with Crippen molar-refractivity contribution < 1.29 is 0 Å². The van der Waals surface area contributed by atoms with Gasteiger partial charge in [0, 0.05) is 18.1 Å². The molecule has 2 unspecified atom stereocenters. The van der Waals surface area contributed by atoms with E-state index in [1.165, 1.54) is 58.3 Å². The zero-order chi connectivity index (χ0) is 15.0. The van der Waals surface area contributed by atoms with Crippen LogP contribution in [0.15, 0.2) is 0 Å². The molecule has 0 saturated carbocycles. The van der Waals surface area contributed by atoms with E-state index in [-0.39, 0.29) is 0 Å². The van der Waals surface area contributed by atoms with Crippen molar-refractivity contribution in [2.75, 3.05) is 33.2 Å². The minimum absolute atomic E-state index is 0.675. The fourth-order valence-electron chi connectivity index (χ4n) is 2.90. The van der Waals surface area contributed by atoms with Crippen molar-refractivity contribution in [2.24, 2.45) is 0 Å². The lowest BCUT2D eigenvalue weighted by atomic mass is 10.1. The van der Waals surface area contributed by atoms with Crippen LogP contribution in [0.25, 0.3) is 0 Å². The molecule has 1 heterocycles. The van der Waals surface area contributed by atoms with Crippen LogP contribution < -0.4 is 5.32 Å². The number of nitrogens with zero attached hydrogens (tertiary/aromatic N) is 2. The molecule has 0 aromatic heterocycles. The molecule has 0 aromatic carbocycles. The summed E-state index contributed by atoms with van der Waals surface area (Å²) in [6.07, 6.45) is 6.54. The van der Waals surface area contributed by atoms with Crippen LogP contribution in [0, 0.1) is 0 Å². The molecule has 0 spiro atoms. The summed E-state index contributed by atoms with van der Waals surface area (Å²) in [6.45, 7) is 14.3. The Kier molecular flexibility index (Phi) is 8.74. The molecule has 0 amide bonds. The first-order valence-electron chi connectivity index (χ1n) is 8.71. The molecule has 20 heavy (non-hydrogen) atoms. The summed E-state index contributed by atoms with van der Waals surface area (Å²) in [5.41, 5.74) is 0. The van der Waals surface area contributed by atoms with Gasteiger partial charge in [0.15, 0.2) is 0 Å². The predicted molar refractivity (Wildman–Crippen MR) is 89.4 cm³/mol. The molecular formula is C17H37N3. The zero-order valence-electron chi connectivity index (χ0n) is 14.5. The van der Waals surface area contributed by atoms with Gasteiger partial charge in [-0.1, -0.05) is 6.92 Å². The Bertz CT molecular complexity index is 242. The third-order valence-corrected chi connectivity index (χ3v) is 4.80. The molecule has 3 heteroatoms. The molecule has 1 aliphatic heterocycles. The van der Waals surface area contributed by atoms with E-state index in [0.29, 0.717) is 12.1 Å². The van der Waals surface area contributed by atoms with Crippen molar-refractivity contribution in [1.82, 2.24) is 15.1 Å². The lowest BCUT2D eigenvalue weighted by Crippen LogP contribution is -2.44. The number of unbranched alkanes of at least 4 members (excludes halogenated alkanes) is 1. The summed E-state index contributed by atoms with van der Waals surface area (Å²) < 4.78 is 0. The number of nitrogens with one attached hydrogen (secondary N) is 1. The first-order valence-corrected chi connectivity index (χ1v) is 8.71. The van der Waals surface area contributed by atoms with Crippen molar-refractivity contribution in [2.45, 2.75) is 77.9 Å². The van der Waals surface area contributed by atoms with Gasteiger partial charge in [-0.25, -0.2) is 0 Å². The molecule has 2 atom stereocenters. The van der Waals surface area contributed by atoms with E-state index in [2.05, 4.69) is 49.9 Å². The fraction of sp³-hybridized carbons (Fsp3) is 1.00. The topological polar surface area (TPSA) is 18.5 Å². The minimum atomic E-state index is 0.675. The largest absolute Gasteiger partial charge is 0.311 e. The molecule has 1 aliphatic rings. The summed E-state index contributed by atoms with van der Waals surface area (Å²) in [7, 11) is 2.24. The third kappa shape index (κ3) is 7.05. The van der Waals surface area contributed by atoms with Gasteiger partial charge < -0.3 is 15.1 Å². The Balaban J connectivity index is 2.21. The summed E-state index contributed by atoms with van der Waals surface area (Å²) in [5, 5.41) is 3.75. The van der Waals surface area contributed by atoms with Crippen LogP contribution in [0.2, 0.25) is 0 Å². The van der Waals surface area contributed by atoms with Crippen molar-refractivity contribution in [3.05, 3.63) is 0 Å². The molecular weight excluding hydrogens is 246 g/mol. The highest BCUT2D eigenvalue weighted by atomic mass is 15.1. The standard InChI is InChI=1S/C17H37N3/c1-6-17-10-14-20(13-9-16(4)18-17)12-8-7-11-19(5)15(2)3/h15-18H,6-14H2,1-5H3. The van der Waals surface area contributed by atoms with Gasteiger partial charge in [-0.3, -0.25) is 0 Å². The Morgan fingerprint density at radius 2 is 1.90 bits per heavy atom. The van der Waals surface area contributed by atoms with Gasteiger partial charge in [-0.15, -0.1) is 0 Å². The predicted octanol–water partition coefficient (Wildman–Crippen LogP) is 2.96. The van der Waals surface area contributed by atoms with Crippen LogP contribution in [0.4, 0.5) is 0 Å². The van der Waals surface area contributed by atoms with Crippen LogP contribution in [0.5, 0.6) is 0 Å². The van der Waals surface area contributed by atoms with Crippen LogP contribution in [-0.2, 0) is 0 Å². The first-order chi connectivity index (χ1) is 9.52. The number of hydrogen-bond donors (Lipinski definition) is 1. The van der Waals surface area contributed by atoms with Crippen LogP contribution in [0.3, 0.4) is 0 Å². The Morgan fingerprint density at radius 1 is 1.20 bits per heavy atom. The molecule has 1 rings (SSSR count). The first kappa shape index (κ1) is 17.9. The van der Waals surface area contributed by atoms with E-state index in [9.17, 15) is 0 Å². The molecule has 1 saturated heterocycles. The second-order valence-corrected chi connectivity index (χ2v) is 6.87. The number of hydrogen-bond acceptors (Lipinski definition) is 3. The molecule has 1 N–H and O–H groups in total. The summed E-state index contributed by atoms with van der Waals surface area (Å²) in [6, 6.07) is 2.07.